The van der Waals surface area contributed by atoms with Crippen LogP contribution >= 0.6 is 11.3 Å². The number of benzene rings is 2. The Balaban J connectivity index is 1.47. The van der Waals surface area contributed by atoms with Crippen molar-refractivity contribution in [3.63, 3.8) is 0 Å². The maximum absolute atomic E-state index is 14.3. The number of halogens is 1. The smallest absolute Gasteiger partial charge is 0.254 e. The van der Waals surface area contributed by atoms with Crippen LogP contribution in [-0.4, -0.2) is 54.3 Å². The Bertz CT molecular complexity index is 1200. The lowest BCUT2D eigenvalue weighted by atomic mass is 9.80. The van der Waals surface area contributed by atoms with Gasteiger partial charge in [-0.15, -0.1) is 11.3 Å². The van der Waals surface area contributed by atoms with Gasteiger partial charge >= 0.3 is 0 Å². The molecule has 1 aromatic heterocycles. The Morgan fingerprint density at radius 3 is 2.40 bits per heavy atom. The molecule has 1 saturated heterocycles. The molecule has 7 heteroatoms. The number of anilines is 1. The van der Waals surface area contributed by atoms with Gasteiger partial charge in [-0.05, 0) is 41.1 Å². The highest BCUT2D eigenvalue weighted by molar-refractivity contribution is 7.10. The van der Waals surface area contributed by atoms with E-state index in [1.807, 2.05) is 62.5 Å². The van der Waals surface area contributed by atoms with Gasteiger partial charge in [0.1, 0.15) is 5.82 Å². The molecule has 5 rings (SSSR count). The molecule has 2 amide bonds. The van der Waals surface area contributed by atoms with Gasteiger partial charge in [0.15, 0.2) is 0 Å². The van der Waals surface area contributed by atoms with Crippen LogP contribution in [0.1, 0.15) is 46.6 Å². The summed E-state index contributed by atoms with van der Waals surface area (Å²) < 4.78 is 14.3. The third-order valence-electron chi connectivity index (χ3n) is 6.89. The quantitative estimate of drug-likeness (QED) is 0.495. The normalized spacial score (nSPS) is 20.3. The first kappa shape index (κ1) is 23.5. The van der Waals surface area contributed by atoms with Crippen LogP contribution < -0.4 is 4.90 Å². The van der Waals surface area contributed by atoms with E-state index < -0.39 is 5.92 Å². The number of piperazine rings is 1. The third-order valence-corrected chi connectivity index (χ3v) is 7.83. The van der Waals surface area contributed by atoms with Crippen LogP contribution in [0, 0.1) is 11.7 Å². The first-order chi connectivity index (χ1) is 17.0. The molecule has 0 bridgehead atoms. The van der Waals surface area contributed by atoms with Crippen molar-refractivity contribution in [3.8, 4) is 0 Å². The Labute approximate surface area is 209 Å². The number of hydrogen-bond acceptors (Lipinski definition) is 4. The summed E-state index contributed by atoms with van der Waals surface area (Å²) in [5, 5.41) is 2.00. The second kappa shape index (κ2) is 9.82. The van der Waals surface area contributed by atoms with Crippen molar-refractivity contribution in [1.29, 1.82) is 0 Å². The molecule has 0 spiro atoms. The van der Waals surface area contributed by atoms with Gasteiger partial charge in [0.2, 0.25) is 5.91 Å². The number of fused-ring (bicyclic) bond motifs is 1. The van der Waals surface area contributed by atoms with E-state index in [0.29, 0.717) is 44.0 Å². The number of rotatable bonds is 5. The predicted molar refractivity (Wildman–Crippen MR) is 137 cm³/mol. The minimum absolute atomic E-state index is 0.0128. The van der Waals surface area contributed by atoms with Crippen LogP contribution in [0.15, 0.2) is 66.0 Å². The van der Waals surface area contributed by atoms with Crippen LogP contribution in [-0.2, 0) is 4.79 Å². The van der Waals surface area contributed by atoms with Crippen LogP contribution in [0.25, 0.3) is 0 Å². The summed E-state index contributed by atoms with van der Waals surface area (Å²) in [5.74, 6) is -0.423. The highest BCUT2D eigenvalue weighted by atomic mass is 32.1. The number of hydrogen-bond donors (Lipinski definition) is 0. The highest BCUT2D eigenvalue weighted by Gasteiger charge is 2.46. The molecule has 3 aromatic rings. The van der Waals surface area contributed by atoms with Gasteiger partial charge in [0.05, 0.1) is 17.6 Å². The first-order valence-corrected chi connectivity index (χ1v) is 13.0. The van der Waals surface area contributed by atoms with Crippen LogP contribution in [0.2, 0.25) is 0 Å². The standard InChI is InChI=1S/C28H30FN3O2S/c1-19(2)18-32-26(24-12-7-17-35-24)25(20-8-3-4-9-21(20)27(32)33)28(34)31-15-13-30(14-16-31)23-11-6-5-10-22(23)29/h3-12,17,19,25-26H,13-16,18H2,1-2H3/t25-,26-/m1/s1. The predicted octanol–water partition coefficient (Wildman–Crippen LogP) is 5.17. The number of amides is 2. The summed E-state index contributed by atoms with van der Waals surface area (Å²) in [6.45, 7) is 6.94. The molecule has 5 nitrogen and oxygen atoms in total. The lowest BCUT2D eigenvalue weighted by Crippen LogP contribution is -2.53. The van der Waals surface area contributed by atoms with E-state index in [0.717, 1.165) is 10.4 Å². The van der Waals surface area contributed by atoms with Crippen LogP contribution in [0.4, 0.5) is 10.1 Å². The minimum Gasteiger partial charge on any atom is -0.366 e. The maximum Gasteiger partial charge on any atom is 0.254 e. The molecule has 2 aliphatic rings. The fourth-order valence-corrected chi connectivity index (χ4v) is 6.18. The summed E-state index contributed by atoms with van der Waals surface area (Å²) in [7, 11) is 0. The summed E-state index contributed by atoms with van der Waals surface area (Å²) in [4.78, 5) is 34.6. The van der Waals surface area contributed by atoms with Gasteiger partial charge in [0, 0.05) is 43.2 Å². The Morgan fingerprint density at radius 2 is 1.71 bits per heavy atom. The number of carbonyl (C=O) groups excluding carboxylic acids is 2. The molecule has 2 aromatic carbocycles. The third kappa shape index (κ3) is 4.45. The SMILES string of the molecule is CC(C)CN1C(=O)c2ccccc2[C@@H](C(=O)N2CCN(c3ccccc3F)CC2)[C@H]1c1cccs1. The number of thiophene rings is 1. The van der Waals surface area contributed by atoms with E-state index in [2.05, 4.69) is 13.8 Å². The average Bonchev–Trinajstić information content (AvgIpc) is 3.40. The van der Waals surface area contributed by atoms with E-state index in [9.17, 15) is 14.0 Å². The lowest BCUT2D eigenvalue weighted by Gasteiger charge is -2.44. The van der Waals surface area contributed by atoms with Crippen LogP contribution in [0.5, 0.6) is 0 Å². The van der Waals surface area contributed by atoms with Gasteiger partial charge in [-0.25, -0.2) is 4.39 Å². The van der Waals surface area contributed by atoms with Crippen molar-refractivity contribution >= 4 is 28.8 Å². The van der Waals surface area contributed by atoms with Gasteiger partial charge in [-0.1, -0.05) is 50.2 Å². The van der Waals surface area contributed by atoms with Gasteiger partial charge < -0.3 is 14.7 Å². The van der Waals surface area contributed by atoms with Gasteiger partial charge in [0.25, 0.3) is 5.91 Å². The molecular formula is C28H30FN3O2S. The molecule has 1 fully saturated rings. The molecule has 0 N–H and O–H groups in total. The second-order valence-electron chi connectivity index (χ2n) is 9.64. The number of nitrogens with zero attached hydrogens (tertiary/aromatic N) is 3. The molecule has 35 heavy (non-hydrogen) atoms. The molecular weight excluding hydrogens is 461 g/mol. The fraction of sp³-hybridized carbons (Fsp3) is 0.357. The van der Waals surface area contributed by atoms with E-state index in [1.165, 1.54) is 6.07 Å². The molecule has 182 valence electrons. The van der Waals surface area contributed by atoms with Gasteiger partial charge in [-0.3, -0.25) is 9.59 Å². The zero-order chi connectivity index (χ0) is 24.5. The lowest BCUT2D eigenvalue weighted by molar-refractivity contribution is -0.135. The molecule has 3 heterocycles. The van der Waals surface area contributed by atoms with E-state index in [-0.39, 0.29) is 29.6 Å². The highest BCUT2D eigenvalue weighted by Crippen LogP contribution is 2.45. The second-order valence-corrected chi connectivity index (χ2v) is 10.6. The Hall–Kier alpha value is -3.19. The van der Waals surface area contributed by atoms with Crippen molar-refractivity contribution in [2.45, 2.75) is 25.8 Å². The number of para-hydroxylation sites is 1. The summed E-state index contributed by atoms with van der Waals surface area (Å²) in [5.41, 5.74) is 1.99. The van der Waals surface area contributed by atoms with E-state index >= 15 is 0 Å². The number of carbonyl (C=O) groups is 2. The molecule has 0 radical (unpaired) electrons. The molecule has 0 unspecified atom stereocenters. The monoisotopic (exact) mass is 491 g/mol. The van der Waals surface area contributed by atoms with Crippen molar-refractivity contribution in [1.82, 2.24) is 9.80 Å². The molecule has 0 saturated carbocycles. The maximum atomic E-state index is 14.3. The van der Waals surface area contributed by atoms with Crippen molar-refractivity contribution in [2.24, 2.45) is 5.92 Å². The molecule has 2 aliphatic heterocycles. The van der Waals surface area contributed by atoms with E-state index in [4.69, 9.17) is 0 Å². The van der Waals surface area contributed by atoms with Crippen LogP contribution in [0.3, 0.4) is 0 Å². The fourth-order valence-electron chi connectivity index (χ4n) is 5.30. The summed E-state index contributed by atoms with van der Waals surface area (Å²) in [6, 6.07) is 18.0. The minimum atomic E-state index is -0.471. The largest absolute Gasteiger partial charge is 0.366 e. The summed E-state index contributed by atoms with van der Waals surface area (Å²) in [6.07, 6.45) is 0. The van der Waals surface area contributed by atoms with Crippen molar-refractivity contribution < 1.29 is 14.0 Å². The molecule has 2 atom stereocenters. The van der Waals surface area contributed by atoms with E-state index in [1.54, 1.807) is 23.5 Å². The van der Waals surface area contributed by atoms with Crippen molar-refractivity contribution in [2.75, 3.05) is 37.6 Å². The molecule has 0 aliphatic carbocycles. The Morgan fingerprint density at radius 1 is 1.00 bits per heavy atom. The zero-order valence-electron chi connectivity index (χ0n) is 20.1. The average molecular weight is 492 g/mol. The summed E-state index contributed by atoms with van der Waals surface area (Å²) >= 11 is 1.59. The Kier molecular flexibility index (Phi) is 6.60. The first-order valence-electron chi connectivity index (χ1n) is 12.2. The topological polar surface area (TPSA) is 43.9 Å². The van der Waals surface area contributed by atoms with Crippen molar-refractivity contribution in [3.05, 3.63) is 87.9 Å². The van der Waals surface area contributed by atoms with Gasteiger partial charge in [-0.2, -0.15) is 0 Å². The zero-order valence-corrected chi connectivity index (χ0v) is 20.9.